The van der Waals surface area contributed by atoms with Crippen LogP contribution in [0.2, 0.25) is 5.02 Å². The molecule has 0 unspecified atom stereocenters. The number of aryl methyl sites for hydroxylation is 1. The Hall–Kier alpha value is -4.68. The summed E-state index contributed by atoms with van der Waals surface area (Å²) in [5.41, 5.74) is 3.57. The quantitative estimate of drug-likeness (QED) is 0.275. The summed E-state index contributed by atoms with van der Waals surface area (Å²) in [6, 6.07) is 25.5. The molecule has 4 atom stereocenters. The zero-order chi connectivity index (χ0) is 29.2. The number of rotatable bonds is 5. The monoisotopic (exact) mass is 574 g/mol. The lowest BCUT2D eigenvalue weighted by molar-refractivity contribution is -0.121. The van der Waals surface area contributed by atoms with Crippen LogP contribution in [0.4, 0.5) is 11.4 Å². The third kappa shape index (κ3) is 3.68. The number of benzene rings is 4. The summed E-state index contributed by atoms with van der Waals surface area (Å²) in [5.74, 6) is -1.40. The number of ketones is 2. The van der Waals surface area contributed by atoms with Gasteiger partial charge in [-0.1, -0.05) is 65.7 Å². The molecule has 3 aliphatic heterocycles. The Kier molecular flexibility index (Phi) is 6.06. The van der Waals surface area contributed by atoms with E-state index in [4.69, 9.17) is 16.3 Å². The molecule has 4 aromatic carbocycles. The Morgan fingerprint density at radius 3 is 2.48 bits per heavy atom. The number of hydrogen-bond acceptors (Lipinski definition) is 5. The van der Waals surface area contributed by atoms with Gasteiger partial charge < -0.3 is 15.0 Å². The lowest BCUT2D eigenvalue weighted by atomic mass is 9.64. The average molecular weight is 575 g/mol. The van der Waals surface area contributed by atoms with Gasteiger partial charge in [0, 0.05) is 27.5 Å². The van der Waals surface area contributed by atoms with Gasteiger partial charge in [0.2, 0.25) is 5.91 Å². The van der Waals surface area contributed by atoms with E-state index in [0.717, 1.165) is 16.8 Å². The Labute approximate surface area is 248 Å². The molecule has 0 saturated carbocycles. The number of Topliss-reactive ketones (excluding diaryl/α,β-unsaturated/α-hetero) is 2. The van der Waals surface area contributed by atoms with Crippen molar-refractivity contribution in [3.63, 3.8) is 0 Å². The van der Waals surface area contributed by atoms with Crippen molar-refractivity contribution in [1.29, 1.82) is 0 Å². The molecule has 208 valence electrons. The van der Waals surface area contributed by atoms with Crippen LogP contribution in [0.5, 0.6) is 5.75 Å². The molecule has 42 heavy (non-hydrogen) atoms. The van der Waals surface area contributed by atoms with Crippen LogP contribution < -0.4 is 15.0 Å². The van der Waals surface area contributed by atoms with Gasteiger partial charge in [-0.15, -0.1) is 0 Å². The summed E-state index contributed by atoms with van der Waals surface area (Å²) in [6.07, 6.45) is 3.98. The zero-order valence-corrected chi connectivity index (χ0v) is 23.8. The van der Waals surface area contributed by atoms with Gasteiger partial charge in [-0.25, -0.2) is 0 Å². The smallest absolute Gasteiger partial charge is 0.238 e. The van der Waals surface area contributed by atoms with E-state index >= 15 is 0 Å². The lowest BCUT2D eigenvalue weighted by Gasteiger charge is -2.37. The summed E-state index contributed by atoms with van der Waals surface area (Å²) in [5, 5.41) is 3.56. The summed E-state index contributed by atoms with van der Waals surface area (Å²) in [4.78, 5) is 46.0. The molecule has 7 rings (SSSR count). The van der Waals surface area contributed by atoms with E-state index in [1.165, 1.54) is 7.11 Å². The summed E-state index contributed by atoms with van der Waals surface area (Å²) in [7, 11) is 1.54. The van der Waals surface area contributed by atoms with Gasteiger partial charge >= 0.3 is 0 Å². The number of nitrogens with one attached hydrogen (secondary N) is 1. The van der Waals surface area contributed by atoms with Crippen molar-refractivity contribution in [2.75, 3.05) is 17.3 Å². The summed E-state index contributed by atoms with van der Waals surface area (Å²) < 4.78 is 5.44. The number of nitrogens with zero attached hydrogens (tertiary/aromatic N) is 1. The van der Waals surface area contributed by atoms with Crippen molar-refractivity contribution in [3.8, 4) is 5.75 Å². The molecule has 7 heteroatoms. The lowest BCUT2D eigenvalue weighted by Crippen LogP contribution is -2.51. The highest BCUT2D eigenvalue weighted by Gasteiger charge is 2.70. The molecule has 0 bridgehead atoms. The van der Waals surface area contributed by atoms with Gasteiger partial charge in [0.15, 0.2) is 11.6 Å². The molecule has 0 radical (unpaired) electrons. The van der Waals surface area contributed by atoms with Gasteiger partial charge in [-0.3, -0.25) is 14.4 Å². The van der Waals surface area contributed by atoms with Crippen LogP contribution in [-0.2, 0) is 10.2 Å². The van der Waals surface area contributed by atoms with Crippen LogP contribution >= 0.6 is 11.6 Å². The molecule has 1 N–H and O–H groups in total. The first-order chi connectivity index (χ1) is 20.3. The molecule has 1 amide bonds. The highest BCUT2D eigenvalue weighted by atomic mass is 35.5. The number of carbonyl (C=O) groups is 3. The molecule has 0 aliphatic carbocycles. The van der Waals surface area contributed by atoms with Gasteiger partial charge in [-0.2, -0.15) is 0 Å². The predicted octanol–water partition coefficient (Wildman–Crippen LogP) is 6.51. The van der Waals surface area contributed by atoms with Crippen LogP contribution in [0.1, 0.15) is 37.4 Å². The van der Waals surface area contributed by atoms with Crippen LogP contribution in [0.15, 0.2) is 97.1 Å². The molecule has 1 fully saturated rings. The first kappa shape index (κ1) is 26.2. The minimum absolute atomic E-state index is 0.256. The van der Waals surface area contributed by atoms with Crippen molar-refractivity contribution in [1.82, 2.24) is 0 Å². The first-order valence-electron chi connectivity index (χ1n) is 13.8. The van der Waals surface area contributed by atoms with Crippen LogP contribution in [-0.4, -0.2) is 36.7 Å². The van der Waals surface area contributed by atoms with Gasteiger partial charge in [-0.05, 0) is 72.6 Å². The molecule has 1 spiro atoms. The fourth-order valence-electron chi connectivity index (χ4n) is 7.04. The Balaban J connectivity index is 1.53. The van der Waals surface area contributed by atoms with Crippen LogP contribution in [0.3, 0.4) is 0 Å². The second kappa shape index (κ2) is 9.71. The van der Waals surface area contributed by atoms with Gasteiger partial charge in [0.05, 0.1) is 19.1 Å². The second-order valence-corrected chi connectivity index (χ2v) is 11.5. The minimum Gasteiger partial charge on any atom is -0.497 e. The molecule has 3 heterocycles. The maximum absolute atomic E-state index is 14.9. The van der Waals surface area contributed by atoms with E-state index in [-0.39, 0.29) is 17.5 Å². The number of anilines is 2. The largest absolute Gasteiger partial charge is 0.497 e. The highest BCUT2D eigenvalue weighted by molar-refractivity contribution is 6.30. The fraction of sp³-hybridized carbons (Fsp3) is 0.171. The SMILES string of the molecule is COc1cccc(C(=O)[C@@H]2[C@H](C(=O)c3ccc(Cl)cc3)N3c4ccc(C)cc4C=C[C@H]3[C@]23C(=O)Nc2ccccc23)c1. The first-order valence-corrected chi connectivity index (χ1v) is 14.2. The van der Waals surface area contributed by atoms with Gasteiger partial charge in [0.1, 0.15) is 17.2 Å². The Morgan fingerprint density at radius 1 is 0.905 bits per heavy atom. The van der Waals surface area contributed by atoms with E-state index in [9.17, 15) is 14.4 Å². The fourth-order valence-corrected chi connectivity index (χ4v) is 7.17. The molecular formula is C35H27ClN2O4. The van der Waals surface area contributed by atoms with Crippen LogP contribution in [0, 0.1) is 12.8 Å². The number of hydrogen-bond donors (Lipinski definition) is 1. The average Bonchev–Trinajstić information content (AvgIpc) is 3.49. The molecular weight excluding hydrogens is 548 g/mol. The normalized spacial score (nSPS) is 23.3. The molecule has 1 saturated heterocycles. The van der Waals surface area contributed by atoms with E-state index in [1.807, 2.05) is 60.4 Å². The van der Waals surface area contributed by atoms with Crippen molar-refractivity contribution in [2.24, 2.45) is 5.92 Å². The molecule has 0 aromatic heterocycles. The number of para-hydroxylation sites is 1. The number of ether oxygens (including phenoxy) is 1. The Morgan fingerprint density at radius 2 is 1.69 bits per heavy atom. The van der Waals surface area contributed by atoms with Crippen molar-refractivity contribution in [3.05, 3.63) is 130 Å². The van der Waals surface area contributed by atoms with Crippen molar-refractivity contribution in [2.45, 2.75) is 24.4 Å². The van der Waals surface area contributed by atoms with E-state index < -0.39 is 23.4 Å². The topological polar surface area (TPSA) is 75.7 Å². The molecule has 4 aromatic rings. The Bertz CT molecular complexity index is 1810. The van der Waals surface area contributed by atoms with E-state index in [1.54, 1.807) is 48.5 Å². The van der Waals surface area contributed by atoms with Gasteiger partial charge in [0.25, 0.3) is 0 Å². The zero-order valence-electron chi connectivity index (χ0n) is 23.0. The maximum atomic E-state index is 14.9. The maximum Gasteiger partial charge on any atom is 0.238 e. The van der Waals surface area contributed by atoms with E-state index in [0.29, 0.717) is 33.1 Å². The number of halogens is 1. The number of methoxy groups -OCH3 is 1. The molecule has 3 aliphatic rings. The number of carbonyl (C=O) groups excluding carboxylic acids is 3. The minimum atomic E-state index is -1.37. The van der Waals surface area contributed by atoms with E-state index in [2.05, 4.69) is 11.4 Å². The number of fused-ring (bicyclic) bond motifs is 6. The summed E-state index contributed by atoms with van der Waals surface area (Å²) >= 11 is 6.18. The standard InChI is InChI=1S/C35H27ClN2O4/c1-20-10-16-28-22(18-20)13-17-29-35(26-8-3-4-9-27(26)37-34(35)41)30(32(39)23-6-5-7-25(19-23)42-2)31(38(28)29)33(40)21-11-14-24(36)15-12-21/h3-19,29-31H,1-2H3,(H,37,41)/t29-,30-,31+,35-/m0/s1. The second-order valence-electron chi connectivity index (χ2n) is 11.0. The predicted molar refractivity (Wildman–Crippen MR) is 164 cm³/mol. The molecule has 6 nitrogen and oxygen atoms in total. The van der Waals surface area contributed by atoms with Crippen molar-refractivity contribution >= 4 is 46.5 Å². The number of amides is 1. The highest BCUT2D eigenvalue weighted by Crippen LogP contribution is 2.58. The van der Waals surface area contributed by atoms with Crippen molar-refractivity contribution < 1.29 is 19.1 Å². The third-order valence-corrected chi connectivity index (χ3v) is 9.07. The third-order valence-electron chi connectivity index (χ3n) is 8.82. The van der Waals surface area contributed by atoms with Crippen LogP contribution in [0.25, 0.3) is 6.08 Å². The summed E-state index contributed by atoms with van der Waals surface area (Å²) in [6.45, 7) is 2.01.